The molecule has 1 heterocycles. The molecule has 0 aromatic carbocycles. The van der Waals surface area contributed by atoms with Gasteiger partial charge in [-0.25, -0.2) is 0 Å². The normalized spacial score (nSPS) is 33.2. The minimum Gasteiger partial charge on any atom is -0.383 e. The molecule has 9 heavy (non-hydrogen) atoms. The van der Waals surface area contributed by atoms with Crippen LogP contribution in [0.1, 0.15) is 13.8 Å². The first-order valence-corrected chi connectivity index (χ1v) is 2.90. The maximum atomic E-state index is 10.9. The second kappa shape index (κ2) is 1.78. The van der Waals surface area contributed by atoms with Crippen molar-refractivity contribution < 1.29 is 14.6 Å². The summed E-state index contributed by atoms with van der Waals surface area (Å²) in [5.74, 6) is -0.220. The quantitative estimate of drug-likeness (QED) is 0.490. The number of hydrogen-bond donors (Lipinski definition) is 1. The summed E-state index contributed by atoms with van der Waals surface area (Å²) >= 11 is 0. The van der Waals surface area contributed by atoms with Gasteiger partial charge in [0.25, 0.3) is 0 Å². The Kier molecular flexibility index (Phi) is 1.33. The summed E-state index contributed by atoms with van der Waals surface area (Å²) in [6.07, 6.45) is -0.903. The molecule has 52 valence electrons. The predicted molar refractivity (Wildman–Crippen MR) is 31.0 cm³/mol. The van der Waals surface area contributed by atoms with Crippen LogP contribution in [0.4, 0.5) is 0 Å². The molecule has 0 amide bonds. The third-order valence-corrected chi connectivity index (χ3v) is 1.50. The summed E-state index contributed by atoms with van der Waals surface area (Å²) in [7, 11) is 0. The molecule has 1 rings (SSSR count). The van der Waals surface area contributed by atoms with E-state index in [0.717, 1.165) is 0 Å². The van der Waals surface area contributed by atoms with E-state index in [2.05, 4.69) is 0 Å². The van der Waals surface area contributed by atoms with Gasteiger partial charge < -0.3 is 9.84 Å². The van der Waals surface area contributed by atoms with Crippen LogP contribution in [0.2, 0.25) is 0 Å². The van der Waals surface area contributed by atoms with Crippen molar-refractivity contribution in [3.8, 4) is 0 Å². The number of ketones is 1. The Morgan fingerprint density at radius 2 is 2.33 bits per heavy atom. The summed E-state index contributed by atoms with van der Waals surface area (Å²) in [5.41, 5.74) is -0.764. The molecule has 1 fully saturated rings. The summed E-state index contributed by atoms with van der Waals surface area (Å²) in [4.78, 5) is 10.9. The number of carbonyl (C=O) groups excluding carboxylic acids is 1. The van der Waals surface area contributed by atoms with Crippen LogP contribution in [0.25, 0.3) is 0 Å². The van der Waals surface area contributed by atoms with Crippen molar-refractivity contribution in [3.05, 3.63) is 0 Å². The Bertz CT molecular complexity index is 139. The molecule has 1 atom stereocenters. The lowest BCUT2D eigenvalue weighted by atomic mass is 10.0. The van der Waals surface area contributed by atoms with E-state index in [0.29, 0.717) is 0 Å². The van der Waals surface area contributed by atoms with Gasteiger partial charge in [-0.3, -0.25) is 4.79 Å². The molecule has 1 N–H and O–H groups in total. The number of carbonyl (C=O) groups is 1. The van der Waals surface area contributed by atoms with E-state index in [1.54, 1.807) is 13.8 Å². The van der Waals surface area contributed by atoms with Crippen LogP contribution in [0, 0.1) is 0 Å². The van der Waals surface area contributed by atoms with Crippen LogP contribution in [0.3, 0.4) is 0 Å². The Hall–Kier alpha value is -0.410. The van der Waals surface area contributed by atoms with Crippen LogP contribution in [0.5, 0.6) is 0 Å². The van der Waals surface area contributed by atoms with Crippen molar-refractivity contribution >= 4 is 5.78 Å². The van der Waals surface area contributed by atoms with Crippen molar-refractivity contribution in [3.63, 3.8) is 0 Å². The van der Waals surface area contributed by atoms with Crippen LogP contribution in [-0.2, 0) is 9.53 Å². The zero-order valence-corrected chi connectivity index (χ0v) is 5.55. The summed E-state index contributed by atoms with van der Waals surface area (Å²) in [5, 5.41) is 8.86. The highest BCUT2D eigenvalue weighted by Gasteiger charge is 2.40. The first-order chi connectivity index (χ1) is 4.04. The number of ether oxygens (including phenoxy) is 1. The summed E-state index contributed by atoms with van der Waals surface area (Å²) < 4.78 is 4.97. The highest BCUT2D eigenvalue weighted by Crippen LogP contribution is 2.20. The third kappa shape index (κ3) is 0.976. The highest BCUT2D eigenvalue weighted by molar-refractivity contribution is 5.92. The maximum absolute atomic E-state index is 10.9. The minimum atomic E-state index is -0.903. The van der Waals surface area contributed by atoms with Crippen molar-refractivity contribution in [2.75, 3.05) is 6.61 Å². The van der Waals surface area contributed by atoms with Gasteiger partial charge in [-0.15, -0.1) is 0 Å². The Morgan fingerprint density at radius 3 is 2.44 bits per heavy atom. The second-order valence-electron chi connectivity index (χ2n) is 2.70. The largest absolute Gasteiger partial charge is 0.383 e. The van der Waals surface area contributed by atoms with Crippen molar-refractivity contribution in [1.29, 1.82) is 0 Å². The molecule has 1 aliphatic rings. The van der Waals surface area contributed by atoms with Gasteiger partial charge in [0.05, 0.1) is 6.61 Å². The van der Waals surface area contributed by atoms with Gasteiger partial charge in [0.2, 0.25) is 0 Å². The number of aliphatic hydroxyl groups is 1. The molecule has 0 bridgehead atoms. The summed E-state index contributed by atoms with van der Waals surface area (Å²) in [6.45, 7) is 3.46. The SMILES string of the molecule is CC1(C)OC[C@H](O)C1=O. The van der Waals surface area contributed by atoms with Crippen molar-refractivity contribution in [2.45, 2.75) is 25.6 Å². The average Bonchev–Trinajstić information content (AvgIpc) is 1.97. The molecule has 1 saturated heterocycles. The fourth-order valence-electron chi connectivity index (χ4n) is 0.835. The zero-order chi connectivity index (χ0) is 7.07. The van der Waals surface area contributed by atoms with Crippen LogP contribution in [0.15, 0.2) is 0 Å². The number of aliphatic hydroxyl groups excluding tert-OH is 1. The first kappa shape index (κ1) is 6.71. The lowest BCUT2D eigenvalue weighted by molar-refractivity contribution is -0.132. The Balaban J connectivity index is 2.74. The maximum Gasteiger partial charge on any atom is 0.194 e. The molecule has 0 aromatic rings. The zero-order valence-electron chi connectivity index (χ0n) is 5.55. The molecule has 0 spiro atoms. The van der Waals surface area contributed by atoms with Gasteiger partial charge in [-0.05, 0) is 13.8 Å². The number of Topliss-reactive ketones (excluding diaryl/α,β-unsaturated/α-hetero) is 1. The highest BCUT2D eigenvalue weighted by atomic mass is 16.5. The lowest BCUT2D eigenvalue weighted by Crippen LogP contribution is -2.31. The molecule has 0 radical (unpaired) electrons. The molecule has 0 unspecified atom stereocenters. The Labute approximate surface area is 53.6 Å². The van der Waals surface area contributed by atoms with Crippen molar-refractivity contribution in [1.82, 2.24) is 0 Å². The van der Waals surface area contributed by atoms with Gasteiger partial charge in [0.15, 0.2) is 5.78 Å². The summed E-state index contributed by atoms with van der Waals surface area (Å²) in [6, 6.07) is 0. The predicted octanol–water partition coefficient (Wildman–Crippen LogP) is -0.275. The fourth-order valence-corrected chi connectivity index (χ4v) is 0.835. The third-order valence-electron chi connectivity index (χ3n) is 1.50. The average molecular weight is 130 g/mol. The topological polar surface area (TPSA) is 46.5 Å². The minimum absolute atomic E-state index is 0.145. The van der Waals surface area contributed by atoms with Crippen LogP contribution >= 0.6 is 0 Å². The fraction of sp³-hybridized carbons (Fsp3) is 0.833. The molecular formula is C6H10O3. The van der Waals surface area contributed by atoms with E-state index < -0.39 is 11.7 Å². The number of rotatable bonds is 0. The molecule has 0 aromatic heterocycles. The Morgan fingerprint density at radius 1 is 1.78 bits per heavy atom. The van der Waals surface area contributed by atoms with E-state index in [1.807, 2.05) is 0 Å². The monoisotopic (exact) mass is 130 g/mol. The number of hydrogen-bond acceptors (Lipinski definition) is 3. The van der Waals surface area contributed by atoms with Gasteiger partial charge in [-0.1, -0.05) is 0 Å². The molecule has 3 nitrogen and oxygen atoms in total. The molecule has 0 aliphatic carbocycles. The van der Waals surface area contributed by atoms with E-state index in [9.17, 15) is 4.79 Å². The first-order valence-electron chi connectivity index (χ1n) is 2.90. The smallest absolute Gasteiger partial charge is 0.194 e. The van der Waals surface area contributed by atoms with Crippen LogP contribution in [-0.4, -0.2) is 29.2 Å². The van der Waals surface area contributed by atoms with E-state index in [4.69, 9.17) is 9.84 Å². The van der Waals surface area contributed by atoms with E-state index in [1.165, 1.54) is 0 Å². The molecule has 3 heteroatoms. The molecule has 0 saturated carbocycles. The van der Waals surface area contributed by atoms with Crippen molar-refractivity contribution in [2.24, 2.45) is 0 Å². The molecular weight excluding hydrogens is 120 g/mol. The van der Waals surface area contributed by atoms with Gasteiger partial charge >= 0.3 is 0 Å². The van der Waals surface area contributed by atoms with Gasteiger partial charge in [-0.2, -0.15) is 0 Å². The second-order valence-corrected chi connectivity index (χ2v) is 2.70. The van der Waals surface area contributed by atoms with Crippen LogP contribution < -0.4 is 0 Å². The van der Waals surface area contributed by atoms with Gasteiger partial charge in [0, 0.05) is 0 Å². The molecule has 1 aliphatic heterocycles. The standard InChI is InChI=1S/C6H10O3/c1-6(2)5(8)4(7)3-9-6/h4,7H,3H2,1-2H3/t4-/m0/s1. The van der Waals surface area contributed by atoms with Gasteiger partial charge in [0.1, 0.15) is 11.7 Å². The van der Waals surface area contributed by atoms with E-state index >= 15 is 0 Å². The van der Waals surface area contributed by atoms with E-state index in [-0.39, 0.29) is 12.4 Å². The lowest BCUT2D eigenvalue weighted by Gasteiger charge is -2.12.